The molecule has 0 radical (unpaired) electrons. The molecule has 0 saturated carbocycles. The van der Waals surface area contributed by atoms with Crippen LogP contribution in [0, 0.1) is 0 Å². The molecule has 0 spiro atoms. The minimum Gasteiger partial charge on any atom is -0.356 e. The van der Waals surface area contributed by atoms with Gasteiger partial charge in [-0.25, -0.2) is 8.42 Å². The molecule has 8 nitrogen and oxygen atoms in total. The summed E-state index contributed by atoms with van der Waals surface area (Å²) in [5.74, 6) is -0.694. The maximum absolute atomic E-state index is 12.7. The topological polar surface area (TPSA) is 107 Å². The lowest BCUT2D eigenvalue weighted by molar-refractivity contribution is -0.120. The van der Waals surface area contributed by atoms with Crippen molar-refractivity contribution in [3.05, 3.63) is 74.8 Å². The summed E-state index contributed by atoms with van der Waals surface area (Å²) in [6.45, 7) is 0.426. The molecule has 1 amide bonds. The highest BCUT2D eigenvalue weighted by Gasteiger charge is 2.18. The SMILES string of the molecule is Cn1c(=O)c(=O)n(C)c2cc(S(=O)(=O)CCC(=O)NCCc3ccccc3)ccc21. The second-order valence-corrected chi connectivity index (χ2v) is 9.14. The fraction of sp³-hybridized carbons (Fsp3) is 0.286. The van der Waals surface area contributed by atoms with Crippen molar-refractivity contribution in [3.8, 4) is 0 Å². The molecule has 2 aromatic carbocycles. The Labute approximate surface area is 173 Å². The van der Waals surface area contributed by atoms with Gasteiger partial charge in [0.25, 0.3) is 0 Å². The van der Waals surface area contributed by atoms with Gasteiger partial charge in [-0.15, -0.1) is 0 Å². The molecule has 0 bridgehead atoms. The van der Waals surface area contributed by atoms with Crippen molar-refractivity contribution in [1.29, 1.82) is 0 Å². The number of nitrogens with zero attached hydrogens (tertiary/aromatic N) is 2. The predicted octanol–water partition coefficient (Wildman–Crippen LogP) is 0.760. The molecular weight excluding hydrogens is 406 g/mol. The van der Waals surface area contributed by atoms with E-state index in [0.29, 0.717) is 24.0 Å². The van der Waals surface area contributed by atoms with E-state index in [4.69, 9.17) is 0 Å². The largest absolute Gasteiger partial charge is 0.356 e. The maximum atomic E-state index is 12.7. The lowest BCUT2D eigenvalue weighted by Crippen LogP contribution is -2.39. The lowest BCUT2D eigenvalue weighted by Gasteiger charge is -2.11. The van der Waals surface area contributed by atoms with Crippen molar-refractivity contribution in [2.45, 2.75) is 17.7 Å². The van der Waals surface area contributed by atoms with Gasteiger partial charge in [-0.1, -0.05) is 30.3 Å². The van der Waals surface area contributed by atoms with Crippen LogP contribution in [0.1, 0.15) is 12.0 Å². The fourth-order valence-electron chi connectivity index (χ4n) is 3.18. The molecule has 3 aromatic rings. The molecule has 0 aliphatic rings. The zero-order valence-corrected chi connectivity index (χ0v) is 17.6. The van der Waals surface area contributed by atoms with E-state index in [9.17, 15) is 22.8 Å². The number of benzene rings is 2. The Hall–Kier alpha value is -3.20. The van der Waals surface area contributed by atoms with Crippen LogP contribution in [0.4, 0.5) is 0 Å². The molecule has 3 rings (SSSR count). The summed E-state index contributed by atoms with van der Waals surface area (Å²) in [5.41, 5.74) is 0.432. The van der Waals surface area contributed by atoms with Crippen LogP contribution in [0.15, 0.2) is 63.0 Å². The van der Waals surface area contributed by atoms with Gasteiger partial charge in [0.15, 0.2) is 9.84 Å². The lowest BCUT2D eigenvalue weighted by atomic mass is 10.1. The monoisotopic (exact) mass is 429 g/mol. The van der Waals surface area contributed by atoms with Crippen molar-refractivity contribution in [2.75, 3.05) is 12.3 Å². The normalized spacial score (nSPS) is 11.5. The number of nitrogens with one attached hydrogen (secondary N) is 1. The summed E-state index contributed by atoms with van der Waals surface area (Å²) in [6, 6.07) is 13.9. The number of aromatic nitrogens is 2. The van der Waals surface area contributed by atoms with Gasteiger partial charge in [0, 0.05) is 27.1 Å². The van der Waals surface area contributed by atoms with E-state index in [0.717, 1.165) is 10.1 Å². The van der Waals surface area contributed by atoms with Crippen LogP contribution in [0.5, 0.6) is 0 Å². The molecule has 0 saturated heterocycles. The molecule has 158 valence electrons. The standard InChI is InChI=1S/C21H23N3O5S/c1-23-17-9-8-16(14-18(17)24(2)21(27)20(23)26)30(28,29)13-11-19(25)22-12-10-15-6-4-3-5-7-15/h3-9,14H,10-13H2,1-2H3,(H,22,25). The third-order valence-electron chi connectivity index (χ3n) is 5.00. The van der Waals surface area contributed by atoms with Crippen LogP contribution in [0.2, 0.25) is 0 Å². The van der Waals surface area contributed by atoms with Crippen LogP contribution in [0.25, 0.3) is 11.0 Å². The third-order valence-corrected chi connectivity index (χ3v) is 6.71. The van der Waals surface area contributed by atoms with Crippen molar-refractivity contribution in [2.24, 2.45) is 14.1 Å². The van der Waals surface area contributed by atoms with Crippen molar-refractivity contribution in [1.82, 2.24) is 14.5 Å². The molecule has 1 aromatic heterocycles. The molecule has 0 atom stereocenters. The summed E-state index contributed by atoms with van der Waals surface area (Å²) in [6.07, 6.45) is 0.498. The molecule has 9 heteroatoms. The third kappa shape index (κ3) is 4.51. The number of rotatable bonds is 7. The van der Waals surface area contributed by atoms with E-state index in [1.165, 1.54) is 36.9 Å². The van der Waals surface area contributed by atoms with Gasteiger partial charge in [-0.2, -0.15) is 0 Å². The van der Waals surface area contributed by atoms with Gasteiger partial charge in [0.05, 0.1) is 21.7 Å². The van der Waals surface area contributed by atoms with E-state index < -0.39 is 21.0 Å². The van der Waals surface area contributed by atoms with E-state index in [-0.39, 0.29) is 23.0 Å². The minimum absolute atomic E-state index is 0.000680. The van der Waals surface area contributed by atoms with Crippen molar-refractivity contribution in [3.63, 3.8) is 0 Å². The van der Waals surface area contributed by atoms with E-state index in [2.05, 4.69) is 5.32 Å². The second kappa shape index (κ2) is 8.66. The first-order valence-corrected chi connectivity index (χ1v) is 11.1. The number of sulfone groups is 1. The molecule has 0 aliphatic heterocycles. The van der Waals surface area contributed by atoms with Crippen LogP contribution in [-0.2, 0) is 35.1 Å². The van der Waals surface area contributed by atoms with Gasteiger partial charge in [0.1, 0.15) is 0 Å². The van der Waals surface area contributed by atoms with Gasteiger partial charge < -0.3 is 14.5 Å². The number of carbonyl (C=O) groups excluding carboxylic acids is 1. The quantitative estimate of drug-likeness (QED) is 0.558. The van der Waals surface area contributed by atoms with E-state index in [1.807, 2.05) is 30.3 Å². The predicted molar refractivity (Wildman–Crippen MR) is 114 cm³/mol. The molecule has 0 aliphatic carbocycles. The Morgan fingerprint density at radius 3 is 2.23 bits per heavy atom. The van der Waals surface area contributed by atoms with Gasteiger partial charge in [0.2, 0.25) is 5.91 Å². The van der Waals surface area contributed by atoms with E-state index in [1.54, 1.807) is 0 Å². The summed E-state index contributed by atoms with van der Waals surface area (Å²) in [4.78, 5) is 36.0. The van der Waals surface area contributed by atoms with Gasteiger partial charge in [-0.05, 0) is 30.2 Å². The Morgan fingerprint density at radius 2 is 1.57 bits per heavy atom. The minimum atomic E-state index is -3.74. The number of hydrogen-bond donors (Lipinski definition) is 1. The molecule has 30 heavy (non-hydrogen) atoms. The maximum Gasteiger partial charge on any atom is 0.316 e. The van der Waals surface area contributed by atoms with Gasteiger partial charge >= 0.3 is 11.1 Å². The summed E-state index contributed by atoms with van der Waals surface area (Å²) >= 11 is 0. The Morgan fingerprint density at radius 1 is 0.933 bits per heavy atom. The van der Waals surface area contributed by atoms with E-state index >= 15 is 0 Å². The Balaban J connectivity index is 1.69. The number of aryl methyl sites for hydroxylation is 2. The first-order chi connectivity index (χ1) is 14.2. The summed E-state index contributed by atoms with van der Waals surface area (Å²) in [7, 11) is -0.863. The Bertz CT molecular complexity index is 1310. The summed E-state index contributed by atoms with van der Waals surface area (Å²) in [5, 5.41) is 2.73. The highest BCUT2D eigenvalue weighted by molar-refractivity contribution is 7.91. The second-order valence-electron chi connectivity index (χ2n) is 7.03. The molecule has 1 heterocycles. The number of hydrogen-bond acceptors (Lipinski definition) is 5. The zero-order valence-electron chi connectivity index (χ0n) is 16.8. The van der Waals surface area contributed by atoms with Crippen molar-refractivity contribution < 1.29 is 13.2 Å². The molecule has 1 N–H and O–H groups in total. The first kappa shape index (κ1) is 21.5. The molecule has 0 unspecified atom stereocenters. The highest BCUT2D eigenvalue weighted by atomic mass is 32.2. The van der Waals surface area contributed by atoms with Crippen LogP contribution >= 0.6 is 0 Å². The Kier molecular flexibility index (Phi) is 6.21. The smallest absolute Gasteiger partial charge is 0.316 e. The van der Waals surface area contributed by atoms with Gasteiger partial charge in [-0.3, -0.25) is 14.4 Å². The average Bonchev–Trinajstić information content (AvgIpc) is 2.75. The fourth-order valence-corrected chi connectivity index (χ4v) is 4.44. The molecular formula is C21H23N3O5S. The molecule has 0 fully saturated rings. The van der Waals surface area contributed by atoms with Crippen LogP contribution < -0.4 is 16.4 Å². The first-order valence-electron chi connectivity index (χ1n) is 9.44. The van der Waals surface area contributed by atoms with Crippen molar-refractivity contribution >= 4 is 26.8 Å². The number of fused-ring (bicyclic) bond motifs is 1. The summed E-state index contributed by atoms with van der Waals surface area (Å²) < 4.78 is 27.7. The number of carbonyl (C=O) groups is 1. The van der Waals surface area contributed by atoms with Crippen LogP contribution in [0.3, 0.4) is 0 Å². The highest BCUT2D eigenvalue weighted by Crippen LogP contribution is 2.18. The zero-order chi connectivity index (χ0) is 21.9. The average molecular weight is 429 g/mol. The van der Waals surface area contributed by atoms with Crippen LogP contribution in [-0.4, -0.2) is 35.8 Å². The number of amides is 1.